The van der Waals surface area contributed by atoms with Crippen LogP contribution in [-0.4, -0.2) is 16.1 Å². The fraction of sp³-hybridized carbons (Fsp3) is 0.0769. The number of benzene rings is 1. The van der Waals surface area contributed by atoms with E-state index in [-0.39, 0.29) is 12.0 Å². The Hall–Kier alpha value is -1.65. The minimum absolute atomic E-state index is 0.106. The molecular weight excluding hydrogens is 292 g/mol. The second-order valence-corrected chi connectivity index (χ2v) is 4.74. The summed E-state index contributed by atoms with van der Waals surface area (Å²) < 4.78 is 13.9. The summed E-state index contributed by atoms with van der Waals surface area (Å²) in [5.41, 5.74) is 0.826. The average Bonchev–Trinajstić information content (AvgIpc) is 2.26. The van der Waals surface area contributed by atoms with Crippen LogP contribution in [0, 0.1) is 5.95 Å². The van der Waals surface area contributed by atoms with Crippen LogP contribution in [0.2, 0.25) is 10.0 Å². The van der Waals surface area contributed by atoms with Gasteiger partial charge in [-0.2, -0.15) is 4.39 Å². The number of hydrogen-bond acceptors (Lipinski definition) is 2. The van der Waals surface area contributed by atoms with Crippen LogP contribution in [0.4, 0.5) is 4.39 Å². The van der Waals surface area contributed by atoms with Crippen molar-refractivity contribution >= 4 is 29.2 Å². The summed E-state index contributed by atoms with van der Waals surface area (Å²) in [4.78, 5) is 14.3. The first-order valence-electron chi connectivity index (χ1n) is 5.29. The minimum atomic E-state index is -1.06. The van der Waals surface area contributed by atoms with Crippen molar-refractivity contribution in [3.63, 3.8) is 0 Å². The van der Waals surface area contributed by atoms with E-state index in [9.17, 15) is 9.18 Å². The molecule has 0 saturated heterocycles. The normalized spacial score (nSPS) is 10.5. The third-order valence-corrected chi connectivity index (χ3v) is 2.92. The number of pyridine rings is 1. The van der Waals surface area contributed by atoms with Crippen LogP contribution in [0.1, 0.15) is 5.56 Å². The van der Waals surface area contributed by atoms with E-state index in [0.717, 1.165) is 0 Å². The number of aromatic nitrogens is 1. The Kier molecular flexibility index (Phi) is 4.02. The molecule has 98 valence electrons. The van der Waals surface area contributed by atoms with Crippen LogP contribution in [0.15, 0.2) is 30.5 Å². The predicted molar refractivity (Wildman–Crippen MR) is 71.0 cm³/mol. The molecule has 2 aromatic rings. The zero-order chi connectivity index (χ0) is 14.0. The molecule has 1 heterocycles. The monoisotopic (exact) mass is 299 g/mol. The molecule has 0 aliphatic carbocycles. The van der Waals surface area contributed by atoms with Gasteiger partial charge in [0.1, 0.15) is 0 Å². The Balaban J connectivity index is 2.62. The van der Waals surface area contributed by atoms with Crippen molar-refractivity contribution in [2.75, 3.05) is 0 Å². The largest absolute Gasteiger partial charge is 0.481 e. The first-order chi connectivity index (χ1) is 8.97. The fourth-order valence-electron chi connectivity index (χ4n) is 1.79. The van der Waals surface area contributed by atoms with Crippen LogP contribution in [0.25, 0.3) is 11.1 Å². The molecule has 0 radical (unpaired) electrons. The summed E-state index contributed by atoms with van der Waals surface area (Å²) in [6.07, 6.45) is 0.919. The standard InChI is InChI=1S/C13H8Cl2FNO2/c14-9-3-8(4-10(15)6-9)12-7(5-11(18)19)1-2-17-13(12)16/h1-4,6H,5H2,(H,18,19). The molecule has 3 nitrogen and oxygen atoms in total. The van der Waals surface area contributed by atoms with Crippen LogP contribution < -0.4 is 0 Å². The summed E-state index contributed by atoms with van der Waals surface area (Å²) in [7, 11) is 0. The lowest BCUT2D eigenvalue weighted by Crippen LogP contribution is -2.04. The van der Waals surface area contributed by atoms with Crippen molar-refractivity contribution < 1.29 is 14.3 Å². The van der Waals surface area contributed by atoms with Gasteiger partial charge in [-0.1, -0.05) is 23.2 Å². The molecule has 1 aromatic heterocycles. The van der Waals surface area contributed by atoms with Crippen molar-refractivity contribution in [2.24, 2.45) is 0 Å². The van der Waals surface area contributed by atoms with E-state index in [0.29, 0.717) is 21.2 Å². The first-order valence-corrected chi connectivity index (χ1v) is 6.04. The first kappa shape index (κ1) is 13.8. The van der Waals surface area contributed by atoms with Crippen molar-refractivity contribution in [1.29, 1.82) is 0 Å². The van der Waals surface area contributed by atoms with Crippen molar-refractivity contribution in [2.45, 2.75) is 6.42 Å². The maximum absolute atomic E-state index is 13.9. The van der Waals surface area contributed by atoms with E-state index >= 15 is 0 Å². The molecule has 0 saturated carbocycles. The number of hydrogen-bond donors (Lipinski definition) is 1. The Morgan fingerprint density at radius 3 is 2.47 bits per heavy atom. The van der Waals surface area contributed by atoms with E-state index in [1.807, 2.05) is 0 Å². The quantitative estimate of drug-likeness (QED) is 0.877. The SMILES string of the molecule is O=C(O)Cc1ccnc(F)c1-c1cc(Cl)cc(Cl)c1. The van der Waals surface area contributed by atoms with E-state index in [4.69, 9.17) is 28.3 Å². The zero-order valence-corrected chi connectivity index (χ0v) is 11.0. The molecule has 0 spiro atoms. The third-order valence-electron chi connectivity index (χ3n) is 2.48. The van der Waals surface area contributed by atoms with Crippen LogP contribution in [-0.2, 0) is 11.2 Å². The van der Waals surface area contributed by atoms with Gasteiger partial charge >= 0.3 is 5.97 Å². The summed E-state index contributed by atoms with van der Waals surface area (Å²) in [5.74, 6) is -1.81. The minimum Gasteiger partial charge on any atom is -0.481 e. The molecule has 0 amide bonds. The van der Waals surface area contributed by atoms with Crippen molar-refractivity contribution in [3.05, 3.63) is 52.0 Å². The van der Waals surface area contributed by atoms with Gasteiger partial charge in [-0.15, -0.1) is 0 Å². The van der Waals surface area contributed by atoms with Gasteiger partial charge < -0.3 is 5.11 Å². The molecule has 1 N–H and O–H groups in total. The number of carboxylic acids is 1. The summed E-state index contributed by atoms with van der Waals surface area (Å²) in [5, 5.41) is 9.52. The Labute approximate surface area is 118 Å². The molecule has 1 aromatic carbocycles. The van der Waals surface area contributed by atoms with Crippen molar-refractivity contribution in [1.82, 2.24) is 4.98 Å². The van der Waals surface area contributed by atoms with Gasteiger partial charge in [0.15, 0.2) is 0 Å². The summed E-state index contributed by atoms with van der Waals surface area (Å²) >= 11 is 11.7. The second kappa shape index (κ2) is 5.55. The smallest absolute Gasteiger partial charge is 0.307 e. The number of carbonyl (C=O) groups is 1. The highest BCUT2D eigenvalue weighted by Gasteiger charge is 2.15. The third kappa shape index (κ3) is 3.22. The van der Waals surface area contributed by atoms with E-state index < -0.39 is 11.9 Å². The maximum Gasteiger partial charge on any atom is 0.307 e. The molecule has 19 heavy (non-hydrogen) atoms. The lowest BCUT2D eigenvalue weighted by molar-refractivity contribution is -0.136. The van der Waals surface area contributed by atoms with Gasteiger partial charge in [-0.05, 0) is 35.4 Å². The molecule has 0 atom stereocenters. The topological polar surface area (TPSA) is 50.2 Å². The van der Waals surface area contributed by atoms with E-state index in [1.54, 1.807) is 0 Å². The maximum atomic E-state index is 13.9. The van der Waals surface area contributed by atoms with Crippen molar-refractivity contribution in [3.8, 4) is 11.1 Å². The van der Waals surface area contributed by atoms with E-state index in [2.05, 4.69) is 4.98 Å². The number of carboxylic acid groups (broad SMARTS) is 1. The van der Waals surface area contributed by atoms with Crippen LogP contribution >= 0.6 is 23.2 Å². The van der Waals surface area contributed by atoms with Gasteiger partial charge in [0, 0.05) is 21.8 Å². The average molecular weight is 300 g/mol. The molecule has 0 unspecified atom stereocenters. The lowest BCUT2D eigenvalue weighted by Gasteiger charge is -2.09. The van der Waals surface area contributed by atoms with Crippen LogP contribution in [0.3, 0.4) is 0 Å². The summed E-state index contributed by atoms with van der Waals surface area (Å²) in [6, 6.07) is 6.00. The zero-order valence-electron chi connectivity index (χ0n) is 9.53. The molecule has 0 fully saturated rings. The Bertz CT molecular complexity index is 626. The fourth-order valence-corrected chi connectivity index (χ4v) is 2.31. The molecule has 0 bridgehead atoms. The van der Waals surface area contributed by atoms with Gasteiger partial charge in [0.25, 0.3) is 0 Å². The van der Waals surface area contributed by atoms with Gasteiger partial charge in [-0.25, -0.2) is 4.98 Å². The summed E-state index contributed by atoms with van der Waals surface area (Å²) in [6.45, 7) is 0. The molecule has 2 rings (SSSR count). The highest BCUT2D eigenvalue weighted by molar-refractivity contribution is 6.35. The van der Waals surface area contributed by atoms with E-state index in [1.165, 1.54) is 30.5 Å². The highest BCUT2D eigenvalue weighted by Crippen LogP contribution is 2.31. The molecular formula is C13H8Cl2FNO2. The van der Waals surface area contributed by atoms with Gasteiger partial charge in [0.2, 0.25) is 5.95 Å². The van der Waals surface area contributed by atoms with Gasteiger partial charge in [-0.3, -0.25) is 4.79 Å². The Morgan fingerprint density at radius 1 is 1.26 bits per heavy atom. The Morgan fingerprint density at radius 2 is 1.89 bits per heavy atom. The number of rotatable bonds is 3. The molecule has 0 aliphatic heterocycles. The number of halogens is 3. The molecule has 6 heteroatoms. The molecule has 0 aliphatic rings. The highest BCUT2D eigenvalue weighted by atomic mass is 35.5. The predicted octanol–water partition coefficient (Wildman–Crippen LogP) is 3.82. The number of aliphatic carboxylic acids is 1. The van der Waals surface area contributed by atoms with Gasteiger partial charge in [0.05, 0.1) is 6.42 Å². The second-order valence-electron chi connectivity index (χ2n) is 3.86. The lowest BCUT2D eigenvalue weighted by atomic mass is 9.99. The number of nitrogens with zero attached hydrogens (tertiary/aromatic N) is 1. The van der Waals surface area contributed by atoms with Crippen LogP contribution in [0.5, 0.6) is 0 Å².